The van der Waals surface area contributed by atoms with Crippen LogP contribution in [0.1, 0.15) is 20.8 Å². The molecule has 2 heteroatoms. The van der Waals surface area contributed by atoms with E-state index in [1.807, 2.05) is 13.8 Å². The van der Waals surface area contributed by atoms with Crippen LogP contribution in [0.3, 0.4) is 0 Å². The highest BCUT2D eigenvalue weighted by molar-refractivity contribution is 4.97. The fourth-order valence-electron chi connectivity index (χ4n) is 0.660. The summed E-state index contributed by atoms with van der Waals surface area (Å²) in [7, 11) is 0. The van der Waals surface area contributed by atoms with Crippen molar-refractivity contribution in [1.82, 2.24) is 5.32 Å². The molecule has 2 unspecified atom stereocenters. The SMILES string of the molecule is CC#CCNC(C)C(C)CO. The van der Waals surface area contributed by atoms with E-state index in [-0.39, 0.29) is 6.61 Å². The van der Waals surface area contributed by atoms with Crippen molar-refractivity contribution in [3.05, 3.63) is 0 Å². The van der Waals surface area contributed by atoms with E-state index in [0.29, 0.717) is 18.5 Å². The molecule has 0 fully saturated rings. The maximum absolute atomic E-state index is 8.79. The highest BCUT2D eigenvalue weighted by Gasteiger charge is 2.08. The lowest BCUT2D eigenvalue weighted by atomic mass is 10.1. The fraction of sp³-hybridized carbons (Fsp3) is 0.778. The summed E-state index contributed by atoms with van der Waals surface area (Å²) < 4.78 is 0. The van der Waals surface area contributed by atoms with Gasteiger partial charge in [-0.3, -0.25) is 0 Å². The van der Waals surface area contributed by atoms with Gasteiger partial charge in [0.2, 0.25) is 0 Å². The minimum Gasteiger partial charge on any atom is -0.396 e. The Balaban J connectivity index is 3.48. The second-order valence-corrected chi connectivity index (χ2v) is 2.76. The van der Waals surface area contributed by atoms with Crippen molar-refractivity contribution in [3.63, 3.8) is 0 Å². The van der Waals surface area contributed by atoms with Crippen molar-refractivity contribution in [1.29, 1.82) is 0 Å². The first-order valence-electron chi connectivity index (χ1n) is 3.96. The number of hydrogen-bond acceptors (Lipinski definition) is 2. The second-order valence-electron chi connectivity index (χ2n) is 2.76. The maximum atomic E-state index is 8.79. The molecule has 0 radical (unpaired) electrons. The zero-order valence-electron chi connectivity index (χ0n) is 7.52. The summed E-state index contributed by atoms with van der Waals surface area (Å²) in [6.45, 7) is 6.83. The van der Waals surface area contributed by atoms with Crippen molar-refractivity contribution in [2.75, 3.05) is 13.2 Å². The highest BCUT2D eigenvalue weighted by Crippen LogP contribution is 1.99. The second kappa shape index (κ2) is 6.21. The van der Waals surface area contributed by atoms with E-state index in [0.717, 1.165) is 0 Å². The van der Waals surface area contributed by atoms with Crippen molar-refractivity contribution >= 4 is 0 Å². The molecule has 0 bridgehead atoms. The Morgan fingerprint density at radius 2 is 2.09 bits per heavy atom. The van der Waals surface area contributed by atoms with Crippen LogP contribution in [0.25, 0.3) is 0 Å². The molecule has 0 aromatic rings. The summed E-state index contributed by atoms with van der Waals surface area (Å²) in [4.78, 5) is 0. The zero-order chi connectivity index (χ0) is 8.69. The maximum Gasteiger partial charge on any atom is 0.0578 e. The van der Waals surface area contributed by atoms with Gasteiger partial charge in [0.1, 0.15) is 0 Å². The minimum atomic E-state index is 0.230. The predicted molar refractivity (Wildman–Crippen MR) is 47.2 cm³/mol. The van der Waals surface area contributed by atoms with E-state index in [9.17, 15) is 0 Å². The first kappa shape index (κ1) is 10.5. The molecule has 0 saturated heterocycles. The first-order valence-corrected chi connectivity index (χ1v) is 3.96. The molecule has 2 atom stereocenters. The molecule has 64 valence electrons. The number of rotatable bonds is 4. The topological polar surface area (TPSA) is 32.3 Å². The van der Waals surface area contributed by atoms with Gasteiger partial charge >= 0.3 is 0 Å². The van der Waals surface area contributed by atoms with E-state index < -0.39 is 0 Å². The molecule has 0 amide bonds. The van der Waals surface area contributed by atoms with Gasteiger partial charge in [-0.1, -0.05) is 12.8 Å². The smallest absolute Gasteiger partial charge is 0.0578 e. The van der Waals surface area contributed by atoms with Crippen LogP contribution in [0.4, 0.5) is 0 Å². The Bertz CT molecular complexity index is 145. The van der Waals surface area contributed by atoms with Crippen LogP contribution in [-0.2, 0) is 0 Å². The van der Waals surface area contributed by atoms with Gasteiger partial charge in [0.05, 0.1) is 6.54 Å². The van der Waals surface area contributed by atoms with Crippen LogP contribution in [0.15, 0.2) is 0 Å². The molecule has 11 heavy (non-hydrogen) atoms. The van der Waals surface area contributed by atoms with Gasteiger partial charge in [-0.25, -0.2) is 0 Å². The first-order chi connectivity index (χ1) is 5.22. The number of nitrogens with one attached hydrogen (secondary N) is 1. The van der Waals surface area contributed by atoms with Crippen LogP contribution < -0.4 is 5.32 Å². The molecular weight excluding hydrogens is 138 g/mol. The summed E-state index contributed by atoms with van der Waals surface area (Å²) in [5.41, 5.74) is 0. The van der Waals surface area contributed by atoms with Crippen molar-refractivity contribution in [2.45, 2.75) is 26.8 Å². The molecular formula is C9H17NO. The molecule has 0 aliphatic heterocycles. The number of hydrogen-bond donors (Lipinski definition) is 2. The largest absolute Gasteiger partial charge is 0.396 e. The van der Waals surface area contributed by atoms with Crippen molar-refractivity contribution < 1.29 is 5.11 Å². The van der Waals surface area contributed by atoms with Crippen LogP contribution >= 0.6 is 0 Å². The molecule has 0 aromatic carbocycles. The summed E-state index contributed by atoms with van der Waals surface area (Å²) in [6.07, 6.45) is 0. The molecule has 0 aliphatic carbocycles. The highest BCUT2D eigenvalue weighted by atomic mass is 16.3. The third kappa shape index (κ3) is 4.83. The zero-order valence-corrected chi connectivity index (χ0v) is 7.52. The van der Waals surface area contributed by atoms with E-state index >= 15 is 0 Å². The summed E-state index contributed by atoms with van der Waals surface area (Å²) in [5, 5.41) is 12.0. The van der Waals surface area contributed by atoms with Gasteiger partial charge in [-0.2, -0.15) is 0 Å². The lowest BCUT2D eigenvalue weighted by Gasteiger charge is -2.17. The Hall–Kier alpha value is -0.520. The molecule has 0 spiro atoms. The van der Waals surface area contributed by atoms with Crippen molar-refractivity contribution in [2.24, 2.45) is 5.92 Å². The lowest BCUT2D eigenvalue weighted by molar-refractivity contribution is 0.209. The number of aliphatic hydroxyl groups excluding tert-OH is 1. The monoisotopic (exact) mass is 155 g/mol. The average molecular weight is 155 g/mol. The molecule has 2 nitrogen and oxygen atoms in total. The van der Waals surface area contributed by atoms with Crippen molar-refractivity contribution in [3.8, 4) is 11.8 Å². The Kier molecular flexibility index (Phi) is 5.91. The molecule has 0 rings (SSSR count). The minimum absolute atomic E-state index is 0.230. The molecule has 0 aliphatic rings. The molecule has 0 saturated carbocycles. The van der Waals surface area contributed by atoms with E-state index in [2.05, 4.69) is 24.1 Å². The van der Waals surface area contributed by atoms with E-state index in [1.165, 1.54) is 0 Å². The standard InChI is InChI=1S/C9H17NO/c1-4-5-6-10-9(3)8(2)7-11/h8-11H,6-7H2,1-3H3. The van der Waals surface area contributed by atoms with Gasteiger partial charge in [-0.15, -0.1) is 5.92 Å². The average Bonchev–Trinajstić information content (AvgIpc) is 2.03. The Morgan fingerprint density at radius 3 is 2.55 bits per heavy atom. The Morgan fingerprint density at radius 1 is 1.45 bits per heavy atom. The van der Waals surface area contributed by atoms with Gasteiger partial charge in [-0.05, 0) is 19.8 Å². The normalized spacial score (nSPS) is 14.9. The van der Waals surface area contributed by atoms with E-state index in [1.54, 1.807) is 0 Å². The Labute approximate surface area is 69.0 Å². The van der Waals surface area contributed by atoms with Gasteiger partial charge in [0.15, 0.2) is 0 Å². The summed E-state index contributed by atoms with van der Waals surface area (Å²) in [5.74, 6) is 6.02. The lowest BCUT2D eigenvalue weighted by Crippen LogP contribution is -2.33. The summed E-state index contributed by atoms with van der Waals surface area (Å²) >= 11 is 0. The van der Waals surface area contributed by atoms with Gasteiger partial charge in [0, 0.05) is 12.6 Å². The van der Waals surface area contributed by atoms with Crippen LogP contribution in [0.2, 0.25) is 0 Å². The van der Waals surface area contributed by atoms with Crippen LogP contribution in [-0.4, -0.2) is 24.3 Å². The van der Waals surface area contributed by atoms with Crippen LogP contribution in [0, 0.1) is 17.8 Å². The molecule has 2 N–H and O–H groups in total. The van der Waals surface area contributed by atoms with E-state index in [4.69, 9.17) is 5.11 Å². The summed E-state index contributed by atoms with van der Waals surface area (Å²) in [6, 6.07) is 0.334. The number of aliphatic hydroxyl groups is 1. The predicted octanol–water partition coefficient (Wildman–Crippen LogP) is 0.616. The van der Waals surface area contributed by atoms with Crippen LogP contribution in [0.5, 0.6) is 0 Å². The van der Waals surface area contributed by atoms with Gasteiger partial charge in [0.25, 0.3) is 0 Å². The fourth-order valence-corrected chi connectivity index (χ4v) is 0.660. The quantitative estimate of drug-likeness (QED) is 0.583. The third-order valence-corrected chi connectivity index (χ3v) is 1.83. The molecule has 0 heterocycles. The van der Waals surface area contributed by atoms with Gasteiger partial charge < -0.3 is 10.4 Å². The third-order valence-electron chi connectivity index (χ3n) is 1.83. The molecule has 0 aromatic heterocycles.